The van der Waals surface area contributed by atoms with Crippen LogP contribution < -0.4 is 4.74 Å². The third-order valence-electron chi connectivity index (χ3n) is 5.55. The number of thiazole rings is 1. The predicted molar refractivity (Wildman–Crippen MR) is 121 cm³/mol. The van der Waals surface area contributed by atoms with Gasteiger partial charge in [-0.15, -0.1) is 11.3 Å². The minimum atomic E-state index is -3.26. The predicted octanol–water partition coefficient (Wildman–Crippen LogP) is 3.38. The number of aromatic amines is 1. The van der Waals surface area contributed by atoms with E-state index in [9.17, 15) is 8.42 Å². The molecule has 0 atom stereocenters. The zero-order valence-electron chi connectivity index (χ0n) is 17.4. The molecule has 1 aliphatic heterocycles. The largest absolute Gasteiger partial charge is 0.438 e. The number of ether oxygens (including phenoxy) is 1. The van der Waals surface area contributed by atoms with E-state index in [4.69, 9.17) is 14.7 Å². The molecule has 9 nitrogen and oxygen atoms in total. The Hall–Kier alpha value is -2.89. The van der Waals surface area contributed by atoms with Crippen LogP contribution in [0.2, 0.25) is 0 Å². The van der Waals surface area contributed by atoms with Crippen LogP contribution in [-0.4, -0.2) is 57.8 Å². The Morgan fingerprint density at radius 2 is 1.97 bits per heavy atom. The van der Waals surface area contributed by atoms with E-state index in [-0.39, 0.29) is 10.8 Å². The van der Waals surface area contributed by atoms with Gasteiger partial charge in [0, 0.05) is 23.8 Å². The van der Waals surface area contributed by atoms with Gasteiger partial charge in [-0.2, -0.15) is 10.1 Å². The molecule has 1 aromatic carbocycles. The van der Waals surface area contributed by atoms with E-state index in [1.807, 2.05) is 11.6 Å². The lowest BCUT2D eigenvalue weighted by Gasteiger charge is -2.30. The van der Waals surface area contributed by atoms with Crippen molar-refractivity contribution >= 4 is 32.2 Å². The third kappa shape index (κ3) is 4.50. The number of hydrogen-bond acceptors (Lipinski definition) is 9. The highest BCUT2D eigenvalue weighted by atomic mass is 32.2. The molecule has 0 unspecified atom stereocenters. The van der Waals surface area contributed by atoms with Gasteiger partial charge in [-0.1, -0.05) is 0 Å². The van der Waals surface area contributed by atoms with Gasteiger partial charge in [0.05, 0.1) is 17.6 Å². The van der Waals surface area contributed by atoms with Crippen LogP contribution in [-0.2, 0) is 16.4 Å². The Morgan fingerprint density at radius 3 is 2.66 bits per heavy atom. The molecule has 11 heteroatoms. The van der Waals surface area contributed by atoms with Gasteiger partial charge in [0.25, 0.3) is 0 Å². The highest BCUT2D eigenvalue weighted by Gasteiger charge is 2.25. The van der Waals surface area contributed by atoms with Crippen molar-refractivity contribution in [1.82, 2.24) is 30.0 Å². The number of H-pyrrole nitrogens is 1. The number of fused-ring (bicyclic) bond motifs is 1. The maximum absolute atomic E-state index is 11.7. The second-order valence-electron chi connectivity index (χ2n) is 7.84. The fourth-order valence-electron chi connectivity index (χ4n) is 3.82. The van der Waals surface area contributed by atoms with E-state index >= 15 is 0 Å². The molecule has 4 heterocycles. The molecule has 0 aliphatic carbocycles. The quantitative estimate of drug-likeness (QED) is 0.456. The molecule has 0 bridgehead atoms. The summed E-state index contributed by atoms with van der Waals surface area (Å²) in [4.78, 5) is 16.4. The number of sulfone groups is 1. The second-order valence-corrected chi connectivity index (χ2v) is 10.8. The average molecular weight is 471 g/mol. The van der Waals surface area contributed by atoms with Gasteiger partial charge in [0.2, 0.25) is 5.88 Å². The summed E-state index contributed by atoms with van der Waals surface area (Å²) in [5.74, 6) is 1.88. The van der Waals surface area contributed by atoms with Gasteiger partial charge in [-0.05, 0) is 50.2 Å². The fraction of sp³-hybridized carbons (Fsp3) is 0.333. The first-order chi connectivity index (χ1) is 15.5. The van der Waals surface area contributed by atoms with Crippen LogP contribution in [0, 0.1) is 0 Å². The van der Waals surface area contributed by atoms with Crippen LogP contribution in [0.1, 0.15) is 29.6 Å². The van der Waals surface area contributed by atoms with Crippen molar-refractivity contribution in [2.75, 3.05) is 19.3 Å². The molecule has 1 saturated heterocycles. The van der Waals surface area contributed by atoms with Crippen molar-refractivity contribution in [2.24, 2.45) is 0 Å². The average Bonchev–Trinajstić information content (AvgIpc) is 3.46. The fourth-order valence-corrected chi connectivity index (χ4v) is 5.11. The third-order valence-corrected chi connectivity index (χ3v) is 7.45. The van der Waals surface area contributed by atoms with Gasteiger partial charge in [0.1, 0.15) is 22.0 Å². The topological polar surface area (TPSA) is 114 Å². The summed E-state index contributed by atoms with van der Waals surface area (Å²) < 4.78 is 29.4. The highest BCUT2D eigenvalue weighted by molar-refractivity contribution is 7.90. The zero-order chi connectivity index (χ0) is 22.1. The van der Waals surface area contributed by atoms with E-state index in [0.717, 1.165) is 43.3 Å². The van der Waals surface area contributed by atoms with E-state index in [0.29, 0.717) is 22.7 Å². The number of hydrogen-bond donors (Lipinski definition) is 1. The highest BCUT2D eigenvalue weighted by Crippen LogP contribution is 2.32. The minimum absolute atomic E-state index is 0.227. The van der Waals surface area contributed by atoms with Crippen molar-refractivity contribution in [3.8, 4) is 11.6 Å². The maximum Gasteiger partial charge on any atom is 0.233 e. The summed E-state index contributed by atoms with van der Waals surface area (Å²) in [5, 5.41) is 10.8. The molecular formula is C21H22N6O3S2. The summed E-state index contributed by atoms with van der Waals surface area (Å²) in [7, 11) is -3.26. The molecule has 5 rings (SSSR count). The monoisotopic (exact) mass is 470 g/mol. The van der Waals surface area contributed by atoms with Gasteiger partial charge in [-0.25, -0.2) is 18.4 Å². The van der Waals surface area contributed by atoms with Crippen LogP contribution in [0.25, 0.3) is 11.0 Å². The first-order valence-electron chi connectivity index (χ1n) is 10.3. The molecule has 4 aromatic rings. The van der Waals surface area contributed by atoms with Crippen molar-refractivity contribution in [3.05, 3.63) is 52.9 Å². The molecule has 1 aliphatic rings. The lowest BCUT2D eigenvalue weighted by molar-refractivity contribution is 0.201. The van der Waals surface area contributed by atoms with Crippen LogP contribution in [0.3, 0.4) is 0 Å². The summed E-state index contributed by atoms with van der Waals surface area (Å²) in [6, 6.07) is 6.30. The molecule has 3 aromatic heterocycles. The summed E-state index contributed by atoms with van der Waals surface area (Å²) >= 11 is 1.68. The SMILES string of the molecule is CS(=O)(=O)c1ccc(Oc2nc(C3CCN(Cc4nccs4)CC3)nc3[nH]ncc23)cc1. The number of rotatable bonds is 6. The maximum atomic E-state index is 11.7. The van der Waals surface area contributed by atoms with Gasteiger partial charge in [0.15, 0.2) is 15.5 Å². The number of piperidine rings is 1. The van der Waals surface area contributed by atoms with E-state index in [1.165, 1.54) is 18.4 Å². The zero-order valence-corrected chi connectivity index (χ0v) is 19.1. The number of aromatic nitrogens is 5. The van der Waals surface area contributed by atoms with Crippen LogP contribution in [0.15, 0.2) is 46.9 Å². The van der Waals surface area contributed by atoms with Gasteiger partial charge >= 0.3 is 0 Å². The van der Waals surface area contributed by atoms with Crippen molar-refractivity contribution < 1.29 is 13.2 Å². The van der Waals surface area contributed by atoms with Gasteiger partial charge < -0.3 is 4.74 Å². The Balaban J connectivity index is 1.34. The normalized spacial score (nSPS) is 15.9. The summed E-state index contributed by atoms with van der Waals surface area (Å²) in [6.45, 7) is 2.79. The Morgan fingerprint density at radius 1 is 1.19 bits per heavy atom. The first-order valence-corrected chi connectivity index (χ1v) is 13.0. The second kappa shape index (κ2) is 8.57. The number of benzene rings is 1. The van der Waals surface area contributed by atoms with Gasteiger partial charge in [-0.3, -0.25) is 10.00 Å². The van der Waals surface area contributed by atoms with Crippen LogP contribution in [0.5, 0.6) is 11.6 Å². The molecule has 1 N–H and O–H groups in total. The summed E-state index contributed by atoms with van der Waals surface area (Å²) in [6.07, 6.45) is 6.56. The minimum Gasteiger partial charge on any atom is -0.438 e. The molecule has 0 radical (unpaired) electrons. The smallest absolute Gasteiger partial charge is 0.233 e. The van der Waals surface area contributed by atoms with Crippen molar-refractivity contribution in [1.29, 1.82) is 0 Å². The standard InChI is InChI=1S/C21H22N6O3S2/c1-32(28,29)16-4-2-15(3-5-16)30-21-17-12-23-26-20(17)24-19(25-21)14-6-9-27(10-7-14)13-18-22-8-11-31-18/h2-5,8,11-12,14H,6-7,9-10,13H2,1H3,(H,23,24,25,26). The molecular weight excluding hydrogens is 448 g/mol. The molecule has 166 valence electrons. The Bertz CT molecular complexity index is 1310. The molecule has 0 saturated carbocycles. The lowest BCUT2D eigenvalue weighted by atomic mass is 9.96. The van der Waals surface area contributed by atoms with Crippen molar-refractivity contribution in [2.45, 2.75) is 30.2 Å². The molecule has 1 fully saturated rings. The number of likely N-dealkylation sites (tertiary alicyclic amines) is 1. The molecule has 32 heavy (non-hydrogen) atoms. The lowest BCUT2D eigenvalue weighted by Crippen LogP contribution is -2.33. The van der Waals surface area contributed by atoms with Crippen molar-refractivity contribution in [3.63, 3.8) is 0 Å². The Labute approximate surface area is 189 Å². The number of nitrogens with one attached hydrogen (secondary N) is 1. The Kier molecular flexibility index (Phi) is 5.62. The van der Waals surface area contributed by atoms with Crippen LogP contribution >= 0.6 is 11.3 Å². The van der Waals surface area contributed by atoms with E-state index < -0.39 is 9.84 Å². The molecule has 0 amide bonds. The summed E-state index contributed by atoms with van der Waals surface area (Å²) in [5.41, 5.74) is 0.628. The van der Waals surface area contributed by atoms with E-state index in [1.54, 1.807) is 29.7 Å². The van der Waals surface area contributed by atoms with Crippen LogP contribution in [0.4, 0.5) is 0 Å². The molecule has 0 spiro atoms. The first kappa shape index (κ1) is 21.0. The van der Waals surface area contributed by atoms with E-state index in [2.05, 4.69) is 20.1 Å². The number of nitrogens with zero attached hydrogens (tertiary/aromatic N) is 5.